The van der Waals surface area contributed by atoms with Gasteiger partial charge in [-0.25, -0.2) is 4.39 Å². The number of nitrogens with zero attached hydrogens (tertiary/aromatic N) is 1. The summed E-state index contributed by atoms with van der Waals surface area (Å²) in [7, 11) is 2.13. The lowest BCUT2D eigenvalue weighted by Gasteiger charge is -2.37. The molecule has 1 spiro atoms. The number of halogens is 1. The van der Waals surface area contributed by atoms with E-state index in [0.717, 1.165) is 32.4 Å². The van der Waals surface area contributed by atoms with E-state index in [-0.39, 0.29) is 5.54 Å². The molecule has 12 heavy (non-hydrogen) atoms. The van der Waals surface area contributed by atoms with Crippen molar-refractivity contribution in [2.75, 3.05) is 26.7 Å². The molecule has 0 aromatic rings. The van der Waals surface area contributed by atoms with E-state index in [1.165, 1.54) is 0 Å². The summed E-state index contributed by atoms with van der Waals surface area (Å²) in [6, 6.07) is 0. The van der Waals surface area contributed by atoms with Gasteiger partial charge in [-0.1, -0.05) is 0 Å². The van der Waals surface area contributed by atoms with E-state index in [1.807, 2.05) is 0 Å². The number of hydrogen-bond donors (Lipinski definition) is 1. The Morgan fingerprint density at radius 2 is 2.08 bits per heavy atom. The molecule has 0 aromatic carbocycles. The molecule has 0 amide bonds. The van der Waals surface area contributed by atoms with Crippen LogP contribution in [0.4, 0.5) is 4.39 Å². The van der Waals surface area contributed by atoms with Gasteiger partial charge in [0.2, 0.25) is 0 Å². The highest BCUT2D eigenvalue weighted by Gasteiger charge is 2.40. The van der Waals surface area contributed by atoms with Gasteiger partial charge < -0.3 is 10.2 Å². The molecule has 0 aromatic heterocycles. The summed E-state index contributed by atoms with van der Waals surface area (Å²) in [5, 5.41) is 3.34. The monoisotopic (exact) mass is 172 g/mol. The Morgan fingerprint density at radius 1 is 1.42 bits per heavy atom. The van der Waals surface area contributed by atoms with Crippen molar-refractivity contribution in [1.82, 2.24) is 10.2 Å². The Hall–Kier alpha value is -0.150. The number of likely N-dealkylation sites (tertiary alicyclic amines) is 1. The predicted molar refractivity (Wildman–Crippen MR) is 47.0 cm³/mol. The van der Waals surface area contributed by atoms with E-state index in [9.17, 15) is 4.39 Å². The van der Waals surface area contributed by atoms with Crippen LogP contribution in [0.25, 0.3) is 0 Å². The predicted octanol–water partition coefficient (Wildman–Crippen LogP) is 0.782. The first-order valence-electron chi connectivity index (χ1n) is 4.78. The summed E-state index contributed by atoms with van der Waals surface area (Å²) < 4.78 is 13.0. The van der Waals surface area contributed by atoms with Crippen molar-refractivity contribution in [3.8, 4) is 0 Å². The zero-order valence-corrected chi connectivity index (χ0v) is 7.65. The van der Waals surface area contributed by atoms with Gasteiger partial charge >= 0.3 is 0 Å². The molecular weight excluding hydrogens is 155 g/mol. The third kappa shape index (κ3) is 1.48. The first-order valence-corrected chi connectivity index (χ1v) is 4.78. The van der Waals surface area contributed by atoms with E-state index in [4.69, 9.17) is 0 Å². The molecule has 2 heterocycles. The van der Waals surface area contributed by atoms with Crippen LogP contribution in [0.1, 0.15) is 19.3 Å². The Labute approximate surface area is 73.1 Å². The molecule has 0 radical (unpaired) electrons. The summed E-state index contributed by atoms with van der Waals surface area (Å²) in [4.78, 5) is 2.32. The lowest BCUT2D eigenvalue weighted by atomic mass is 9.86. The molecule has 0 bridgehead atoms. The van der Waals surface area contributed by atoms with Gasteiger partial charge in [0, 0.05) is 12.1 Å². The summed E-state index contributed by atoms with van der Waals surface area (Å²) in [6.07, 6.45) is 2.36. The van der Waals surface area contributed by atoms with E-state index in [0.29, 0.717) is 6.54 Å². The topological polar surface area (TPSA) is 15.3 Å². The number of piperidine rings is 1. The van der Waals surface area contributed by atoms with Crippen molar-refractivity contribution in [3.05, 3.63) is 0 Å². The molecule has 2 nitrogen and oxygen atoms in total. The van der Waals surface area contributed by atoms with Crippen LogP contribution in [0.15, 0.2) is 0 Å². The SMILES string of the molecule is CN1CCC2(CC1)CC(F)CN2. The fourth-order valence-electron chi connectivity index (χ4n) is 2.32. The van der Waals surface area contributed by atoms with Crippen LogP contribution in [0.5, 0.6) is 0 Å². The third-order valence-electron chi connectivity index (χ3n) is 3.25. The number of alkyl halides is 1. The van der Waals surface area contributed by atoms with Crippen LogP contribution in [0.2, 0.25) is 0 Å². The minimum absolute atomic E-state index is 0.159. The van der Waals surface area contributed by atoms with Gasteiger partial charge in [-0.2, -0.15) is 0 Å². The molecule has 1 unspecified atom stereocenters. The third-order valence-corrected chi connectivity index (χ3v) is 3.25. The second-order valence-corrected chi connectivity index (χ2v) is 4.27. The van der Waals surface area contributed by atoms with Crippen molar-refractivity contribution in [3.63, 3.8) is 0 Å². The highest BCUT2D eigenvalue weighted by molar-refractivity contribution is 4.99. The lowest BCUT2D eigenvalue weighted by molar-refractivity contribution is 0.167. The van der Waals surface area contributed by atoms with Crippen molar-refractivity contribution < 1.29 is 4.39 Å². The minimum Gasteiger partial charge on any atom is -0.308 e. The summed E-state index contributed by atoms with van der Waals surface area (Å²) in [5.74, 6) is 0. The first kappa shape index (κ1) is 8.45. The van der Waals surface area contributed by atoms with Gasteiger partial charge in [-0.15, -0.1) is 0 Å². The van der Waals surface area contributed by atoms with E-state index in [1.54, 1.807) is 0 Å². The van der Waals surface area contributed by atoms with Gasteiger partial charge in [0.05, 0.1) is 0 Å². The van der Waals surface area contributed by atoms with E-state index >= 15 is 0 Å². The van der Waals surface area contributed by atoms with Crippen LogP contribution in [-0.4, -0.2) is 43.3 Å². The van der Waals surface area contributed by atoms with Crippen LogP contribution in [-0.2, 0) is 0 Å². The highest BCUT2D eigenvalue weighted by atomic mass is 19.1. The van der Waals surface area contributed by atoms with Crippen molar-refractivity contribution in [2.45, 2.75) is 31.0 Å². The zero-order chi connectivity index (χ0) is 8.60. The quantitative estimate of drug-likeness (QED) is 0.581. The molecule has 70 valence electrons. The zero-order valence-electron chi connectivity index (χ0n) is 7.65. The molecule has 1 N–H and O–H groups in total. The molecule has 2 saturated heterocycles. The van der Waals surface area contributed by atoms with Crippen molar-refractivity contribution in [2.24, 2.45) is 0 Å². The minimum atomic E-state index is -0.603. The van der Waals surface area contributed by atoms with Gasteiger partial charge in [0.25, 0.3) is 0 Å². The van der Waals surface area contributed by atoms with Gasteiger partial charge in [0.15, 0.2) is 0 Å². The second-order valence-electron chi connectivity index (χ2n) is 4.27. The molecule has 1 atom stereocenters. The maximum Gasteiger partial charge on any atom is 0.114 e. The Kier molecular flexibility index (Phi) is 2.09. The van der Waals surface area contributed by atoms with Crippen molar-refractivity contribution >= 4 is 0 Å². The first-order chi connectivity index (χ1) is 5.70. The fraction of sp³-hybridized carbons (Fsp3) is 1.00. The molecule has 2 fully saturated rings. The van der Waals surface area contributed by atoms with Gasteiger partial charge in [-0.05, 0) is 39.4 Å². The normalized spacial score (nSPS) is 36.0. The van der Waals surface area contributed by atoms with E-state index in [2.05, 4.69) is 17.3 Å². The lowest BCUT2D eigenvalue weighted by Crippen LogP contribution is -2.48. The number of nitrogens with one attached hydrogen (secondary N) is 1. The summed E-state index contributed by atoms with van der Waals surface area (Å²) in [5.41, 5.74) is 0.159. The van der Waals surface area contributed by atoms with Gasteiger partial charge in [-0.3, -0.25) is 0 Å². The second kappa shape index (κ2) is 2.96. The Bertz CT molecular complexity index is 164. The smallest absolute Gasteiger partial charge is 0.114 e. The molecule has 0 aliphatic carbocycles. The molecule has 2 rings (SSSR count). The van der Waals surface area contributed by atoms with Crippen molar-refractivity contribution in [1.29, 1.82) is 0 Å². The summed E-state index contributed by atoms with van der Waals surface area (Å²) in [6.45, 7) is 2.79. The van der Waals surface area contributed by atoms with Gasteiger partial charge in [0.1, 0.15) is 6.17 Å². The van der Waals surface area contributed by atoms with Crippen LogP contribution < -0.4 is 5.32 Å². The molecular formula is C9H17FN2. The summed E-state index contributed by atoms with van der Waals surface area (Å²) >= 11 is 0. The molecule has 3 heteroatoms. The highest BCUT2D eigenvalue weighted by Crippen LogP contribution is 2.31. The Balaban J connectivity index is 1.95. The maximum atomic E-state index is 13.0. The van der Waals surface area contributed by atoms with E-state index < -0.39 is 6.17 Å². The van der Waals surface area contributed by atoms with Crippen LogP contribution in [0.3, 0.4) is 0 Å². The average Bonchev–Trinajstić information content (AvgIpc) is 2.40. The standard InChI is InChI=1S/C9H17FN2/c1-12-4-2-9(3-5-12)6-8(10)7-11-9/h8,11H,2-7H2,1H3. The molecule has 2 aliphatic rings. The fourth-order valence-corrected chi connectivity index (χ4v) is 2.32. The maximum absolute atomic E-state index is 13.0. The largest absolute Gasteiger partial charge is 0.308 e. The Morgan fingerprint density at radius 3 is 2.58 bits per heavy atom. The van der Waals surface area contributed by atoms with Crippen LogP contribution >= 0.6 is 0 Å². The number of rotatable bonds is 0. The molecule has 0 saturated carbocycles. The van der Waals surface area contributed by atoms with Crippen LogP contribution in [0, 0.1) is 0 Å². The number of hydrogen-bond acceptors (Lipinski definition) is 2. The average molecular weight is 172 g/mol. The molecule has 2 aliphatic heterocycles.